The van der Waals surface area contributed by atoms with Crippen molar-refractivity contribution in [3.8, 4) is 5.75 Å². The number of para-hydroxylation sites is 1. The lowest BCUT2D eigenvalue weighted by Crippen LogP contribution is -2.00. The maximum absolute atomic E-state index is 10.4. The molecule has 1 aromatic rings. The number of ether oxygens (including phenoxy) is 1. The summed E-state index contributed by atoms with van der Waals surface area (Å²) in [5.74, 6) is 0.307. The van der Waals surface area contributed by atoms with Gasteiger partial charge in [0, 0.05) is 6.92 Å². The van der Waals surface area contributed by atoms with Crippen LogP contribution in [0.15, 0.2) is 30.3 Å². The van der Waals surface area contributed by atoms with E-state index in [0.717, 1.165) is 0 Å². The van der Waals surface area contributed by atoms with Crippen LogP contribution in [0.3, 0.4) is 0 Å². The zero-order valence-electron chi connectivity index (χ0n) is 7.14. The molecule has 0 spiro atoms. The Kier molecular flexibility index (Phi) is 5.88. The SMILES string of the molecule is CC(=O)Oc1ccccc1.O=CO. The van der Waals surface area contributed by atoms with E-state index in [0.29, 0.717) is 5.75 Å². The summed E-state index contributed by atoms with van der Waals surface area (Å²) in [6.45, 7) is 1.13. The molecule has 70 valence electrons. The second-order valence-electron chi connectivity index (χ2n) is 2.01. The van der Waals surface area contributed by atoms with Gasteiger partial charge in [-0.3, -0.25) is 9.59 Å². The average Bonchev–Trinajstić information content (AvgIpc) is 2.06. The van der Waals surface area contributed by atoms with Crippen molar-refractivity contribution in [1.82, 2.24) is 0 Å². The van der Waals surface area contributed by atoms with Gasteiger partial charge in [0.05, 0.1) is 0 Å². The summed E-state index contributed by atoms with van der Waals surface area (Å²) in [6, 6.07) is 8.98. The van der Waals surface area contributed by atoms with E-state index in [9.17, 15) is 4.79 Å². The molecule has 0 aliphatic carbocycles. The highest BCUT2D eigenvalue weighted by Gasteiger charge is 1.92. The highest BCUT2D eigenvalue weighted by molar-refractivity contribution is 5.69. The Morgan fingerprint density at radius 3 is 2.23 bits per heavy atom. The first-order valence-electron chi connectivity index (χ1n) is 3.52. The lowest BCUT2D eigenvalue weighted by atomic mass is 10.3. The van der Waals surface area contributed by atoms with E-state index >= 15 is 0 Å². The number of hydrogen-bond acceptors (Lipinski definition) is 3. The molecule has 0 saturated heterocycles. The molecule has 1 N–H and O–H groups in total. The van der Waals surface area contributed by atoms with Gasteiger partial charge in [-0.15, -0.1) is 0 Å². The summed E-state index contributed by atoms with van der Waals surface area (Å²) < 4.78 is 4.78. The number of carbonyl (C=O) groups excluding carboxylic acids is 1. The second-order valence-corrected chi connectivity index (χ2v) is 2.01. The van der Waals surface area contributed by atoms with Crippen LogP contribution in [-0.2, 0) is 9.59 Å². The molecule has 4 nitrogen and oxygen atoms in total. The molecule has 0 aliphatic rings. The lowest BCUT2D eigenvalue weighted by molar-refractivity contribution is -0.132. The minimum absolute atomic E-state index is 0.250. The van der Waals surface area contributed by atoms with E-state index in [4.69, 9.17) is 14.6 Å². The lowest BCUT2D eigenvalue weighted by Gasteiger charge is -1.97. The third-order valence-corrected chi connectivity index (χ3v) is 1.00. The van der Waals surface area contributed by atoms with Gasteiger partial charge in [-0.1, -0.05) is 18.2 Å². The van der Waals surface area contributed by atoms with E-state index in [1.54, 1.807) is 12.1 Å². The fourth-order valence-corrected chi connectivity index (χ4v) is 0.655. The Morgan fingerprint density at radius 1 is 1.38 bits per heavy atom. The van der Waals surface area contributed by atoms with Gasteiger partial charge >= 0.3 is 5.97 Å². The van der Waals surface area contributed by atoms with Gasteiger partial charge in [0.15, 0.2) is 0 Å². The van der Waals surface area contributed by atoms with E-state index in [1.807, 2.05) is 18.2 Å². The van der Waals surface area contributed by atoms with Crippen molar-refractivity contribution in [2.24, 2.45) is 0 Å². The van der Waals surface area contributed by atoms with E-state index in [-0.39, 0.29) is 12.4 Å². The van der Waals surface area contributed by atoms with Gasteiger partial charge in [0.1, 0.15) is 5.75 Å². The Hall–Kier alpha value is -1.84. The van der Waals surface area contributed by atoms with Gasteiger partial charge in [-0.05, 0) is 12.1 Å². The van der Waals surface area contributed by atoms with Crippen LogP contribution in [0, 0.1) is 0 Å². The predicted octanol–water partition coefficient (Wildman–Crippen LogP) is 1.31. The van der Waals surface area contributed by atoms with Gasteiger partial charge in [-0.2, -0.15) is 0 Å². The molecule has 1 aromatic carbocycles. The molecule has 0 fully saturated rings. The fourth-order valence-electron chi connectivity index (χ4n) is 0.655. The molecule has 0 bridgehead atoms. The number of carbonyl (C=O) groups is 2. The van der Waals surface area contributed by atoms with E-state index in [2.05, 4.69) is 0 Å². The molecule has 0 aliphatic heterocycles. The zero-order valence-corrected chi connectivity index (χ0v) is 7.14. The molecule has 1 rings (SSSR count). The normalized spacial score (nSPS) is 7.77. The first kappa shape index (κ1) is 11.2. The number of carboxylic acid groups (broad SMARTS) is 1. The van der Waals surface area contributed by atoms with Gasteiger partial charge in [-0.25, -0.2) is 0 Å². The smallest absolute Gasteiger partial charge is 0.308 e. The zero-order chi connectivity index (χ0) is 10.1. The quantitative estimate of drug-likeness (QED) is 0.404. The second kappa shape index (κ2) is 6.84. The number of hydrogen-bond donors (Lipinski definition) is 1. The molecule has 0 saturated carbocycles. The van der Waals surface area contributed by atoms with Crippen LogP contribution in [0.25, 0.3) is 0 Å². The first-order chi connectivity index (χ1) is 6.20. The molecule has 0 atom stereocenters. The van der Waals surface area contributed by atoms with Crippen LogP contribution in [0.4, 0.5) is 0 Å². The largest absolute Gasteiger partial charge is 0.483 e. The summed E-state index contributed by atoms with van der Waals surface area (Å²) in [6.07, 6.45) is 0. The number of rotatable bonds is 1. The van der Waals surface area contributed by atoms with Crippen LogP contribution < -0.4 is 4.74 Å². The van der Waals surface area contributed by atoms with Crippen LogP contribution >= 0.6 is 0 Å². The standard InChI is InChI=1S/C8H8O2.CH2O2/c1-7(9)10-8-5-3-2-4-6-8;2-1-3/h2-6H,1H3;1H,(H,2,3). The molecule has 0 aromatic heterocycles. The van der Waals surface area contributed by atoms with Crippen molar-refractivity contribution in [2.45, 2.75) is 6.92 Å². The molecular weight excluding hydrogens is 172 g/mol. The van der Waals surface area contributed by atoms with Crippen LogP contribution in [-0.4, -0.2) is 17.5 Å². The highest BCUT2D eigenvalue weighted by atomic mass is 16.5. The van der Waals surface area contributed by atoms with Gasteiger partial charge in [0.25, 0.3) is 6.47 Å². The fraction of sp³-hybridized carbons (Fsp3) is 0.111. The van der Waals surface area contributed by atoms with Crippen LogP contribution in [0.1, 0.15) is 6.92 Å². The van der Waals surface area contributed by atoms with Crippen LogP contribution in [0.2, 0.25) is 0 Å². The van der Waals surface area contributed by atoms with Crippen molar-refractivity contribution in [2.75, 3.05) is 0 Å². The Morgan fingerprint density at radius 2 is 1.85 bits per heavy atom. The van der Waals surface area contributed by atoms with E-state index in [1.165, 1.54) is 6.92 Å². The maximum atomic E-state index is 10.4. The topological polar surface area (TPSA) is 63.6 Å². The maximum Gasteiger partial charge on any atom is 0.308 e. The summed E-state index contributed by atoms with van der Waals surface area (Å²) >= 11 is 0. The minimum atomic E-state index is -0.286. The molecule has 0 amide bonds. The average molecular weight is 182 g/mol. The first-order valence-corrected chi connectivity index (χ1v) is 3.52. The highest BCUT2D eigenvalue weighted by Crippen LogP contribution is 2.07. The van der Waals surface area contributed by atoms with Crippen molar-refractivity contribution in [3.63, 3.8) is 0 Å². The van der Waals surface area contributed by atoms with Crippen LogP contribution in [0.5, 0.6) is 5.75 Å². The molecule has 0 heterocycles. The number of esters is 1. The van der Waals surface area contributed by atoms with E-state index < -0.39 is 0 Å². The molecular formula is C9H10O4. The molecule has 0 unspecified atom stereocenters. The summed E-state index contributed by atoms with van der Waals surface area (Å²) in [5.41, 5.74) is 0. The minimum Gasteiger partial charge on any atom is -0.483 e. The van der Waals surface area contributed by atoms with Crippen molar-refractivity contribution in [1.29, 1.82) is 0 Å². The Bertz CT molecular complexity index is 256. The molecule has 0 radical (unpaired) electrons. The Balaban J connectivity index is 0.000000424. The van der Waals surface area contributed by atoms with Gasteiger partial charge < -0.3 is 9.84 Å². The van der Waals surface area contributed by atoms with Gasteiger partial charge in [0.2, 0.25) is 0 Å². The van der Waals surface area contributed by atoms with Crippen molar-refractivity contribution >= 4 is 12.4 Å². The molecule has 4 heteroatoms. The summed E-state index contributed by atoms with van der Waals surface area (Å²) in [4.78, 5) is 18.8. The van der Waals surface area contributed by atoms with Crippen molar-refractivity contribution < 1.29 is 19.4 Å². The van der Waals surface area contributed by atoms with Crippen molar-refractivity contribution in [3.05, 3.63) is 30.3 Å². The third-order valence-electron chi connectivity index (χ3n) is 1.00. The summed E-state index contributed by atoms with van der Waals surface area (Å²) in [7, 11) is 0. The predicted molar refractivity (Wildman–Crippen MR) is 46.4 cm³/mol. The monoisotopic (exact) mass is 182 g/mol. The third kappa shape index (κ3) is 6.55. The Labute approximate surface area is 75.8 Å². The molecule has 13 heavy (non-hydrogen) atoms. The summed E-state index contributed by atoms with van der Waals surface area (Å²) in [5, 5.41) is 6.89. The number of benzene rings is 1.